The summed E-state index contributed by atoms with van der Waals surface area (Å²) in [5, 5.41) is 0. The minimum Gasteiger partial charge on any atom is -0.223 e. The first-order valence-electron chi connectivity index (χ1n) is 2.98. The molecule has 0 fully saturated rings. The predicted octanol–water partition coefficient (Wildman–Crippen LogP) is 0.410. The van der Waals surface area contributed by atoms with E-state index in [2.05, 4.69) is 0 Å². The summed E-state index contributed by atoms with van der Waals surface area (Å²) in [6.07, 6.45) is 6.31. The Morgan fingerprint density at radius 2 is 2.38 bits per heavy atom. The van der Waals surface area contributed by atoms with Gasteiger partial charge in [-0.2, -0.15) is 4.58 Å². The summed E-state index contributed by atoms with van der Waals surface area (Å²) < 4.78 is 1.71. The molecular weight excluding hydrogens is 105 g/mol. The molecule has 0 saturated carbocycles. The maximum absolute atomic E-state index is 10.1. The fraction of sp³-hybridized carbons (Fsp3) is 0.667. The van der Waals surface area contributed by atoms with E-state index >= 15 is 0 Å². The van der Waals surface area contributed by atoms with Crippen LogP contribution in [0.15, 0.2) is 0 Å². The Hall–Kier alpha value is -0.660. The molecule has 0 N–H and O–H groups in total. The van der Waals surface area contributed by atoms with Gasteiger partial charge in [0, 0.05) is 12.8 Å². The van der Waals surface area contributed by atoms with E-state index in [1.165, 1.54) is 6.42 Å². The average molecular weight is 115 g/mol. The van der Waals surface area contributed by atoms with Crippen molar-refractivity contribution in [3.05, 3.63) is 0 Å². The van der Waals surface area contributed by atoms with E-state index in [1.807, 2.05) is 6.21 Å². The zero-order valence-electron chi connectivity index (χ0n) is 4.84. The monoisotopic (exact) mass is 115 g/mol. The van der Waals surface area contributed by atoms with Crippen molar-refractivity contribution in [2.24, 2.45) is 0 Å². The van der Waals surface area contributed by atoms with Crippen LogP contribution in [0.3, 0.4) is 0 Å². The third-order valence-electron chi connectivity index (χ3n) is 1.37. The average Bonchev–Trinajstić information content (AvgIpc) is 1.90. The highest BCUT2D eigenvalue weighted by atomic mass is 16.3. The van der Waals surface area contributed by atoms with Crippen molar-refractivity contribution in [2.75, 3.05) is 6.54 Å². The lowest BCUT2D eigenvalue weighted by Crippen LogP contribution is -2.16. The van der Waals surface area contributed by atoms with Crippen LogP contribution in [0.1, 0.15) is 19.3 Å². The molecule has 0 spiro atoms. The number of nitrogens with zero attached hydrogens (tertiary/aromatic N) is 1. The SMILES string of the molecule is O=[13CH][15N+]1=CCCC[13CH2]1. The molecular formula is C6H10NO+. The fourth-order valence-corrected chi connectivity index (χ4v) is 0.883. The second-order valence-corrected chi connectivity index (χ2v) is 2.02. The molecule has 0 aromatic heterocycles. The van der Waals surface area contributed by atoms with E-state index in [1.54, 1.807) is 4.58 Å². The number of carbonyl (C=O) groups is 1. The summed E-state index contributed by atoms with van der Waals surface area (Å²) in [7, 11) is 0. The Kier molecular flexibility index (Phi) is 1.78. The van der Waals surface area contributed by atoms with Gasteiger partial charge in [-0.1, -0.05) is 0 Å². The molecule has 2 heteroatoms. The molecule has 1 amide bonds. The van der Waals surface area contributed by atoms with Crippen LogP contribution in [0, 0.1) is 0 Å². The van der Waals surface area contributed by atoms with Crippen LogP contribution >= 0.6 is 0 Å². The number of amides is 1. The molecule has 0 atom stereocenters. The number of hydrogen-bond donors (Lipinski definition) is 0. The standard InChI is InChI=1S/C6H10NO/c8-6-7-4-2-1-3-5-7/h4,6H,1-3,5H2/q+1/i5+1,6+1,7+1. The van der Waals surface area contributed by atoms with Gasteiger partial charge in [0.15, 0.2) is 6.54 Å². The molecule has 1 rings (SSSR count). The van der Waals surface area contributed by atoms with E-state index in [4.69, 9.17) is 0 Å². The minimum absolute atomic E-state index is 0.888. The molecule has 0 aromatic rings. The molecule has 0 aromatic carbocycles. The number of hydrogen-bond acceptors (Lipinski definition) is 1. The minimum atomic E-state index is 0.888. The van der Waals surface area contributed by atoms with E-state index in [9.17, 15) is 4.79 Å². The highest BCUT2D eigenvalue weighted by Crippen LogP contribution is 1.97. The fourth-order valence-electron chi connectivity index (χ4n) is 0.883. The lowest BCUT2D eigenvalue weighted by Gasteiger charge is -1.99. The summed E-state index contributed by atoms with van der Waals surface area (Å²) in [6, 6.07) is 0. The van der Waals surface area contributed by atoms with Crippen molar-refractivity contribution in [2.45, 2.75) is 19.3 Å². The van der Waals surface area contributed by atoms with Gasteiger partial charge >= 0.3 is 6.41 Å². The molecule has 0 unspecified atom stereocenters. The van der Waals surface area contributed by atoms with Gasteiger partial charge in [-0.3, -0.25) is 0 Å². The van der Waals surface area contributed by atoms with Crippen LogP contribution in [0.25, 0.3) is 0 Å². The van der Waals surface area contributed by atoms with Crippen LogP contribution in [-0.2, 0) is 4.79 Å². The van der Waals surface area contributed by atoms with Gasteiger partial charge in [0.2, 0.25) is 0 Å². The summed E-state index contributed by atoms with van der Waals surface area (Å²) in [6.45, 7) is 0.920. The van der Waals surface area contributed by atoms with Crippen LogP contribution in [0.2, 0.25) is 0 Å². The second-order valence-electron chi connectivity index (χ2n) is 2.02. The highest BCUT2D eigenvalue weighted by molar-refractivity contribution is 5.57. The van der Waals surface area contributed by atoms with Crippen LogP contribution in [0.5, 0.6) is 0 Å². The molecule has 1 aliphatic heterocycles. The lowest BCUT2D eigenvalue weighted by atomic mass is 10.3. The Labute approximate surface area is 48.8 Å². The van der Waals surface area contributed by atoms with Gasteiger partial charge in [-0.15, -0.1) is 0 Å². The third kappa shape index (κ3) is 1.15. The normalized spacial score (nSPS) is 19.8. The predicted molar refractivity (Wildman–Crippen MR) is 31.1 cm³/mol. The topological polar surface area (TPSA) is 20.1 Å². The van der Waals surface area contributed by atoms with Gasteiger partial charge in [0.05, 0.1) is 0 Å². The Morgan fingerprint density at radius 1 is 1.50 bits per heavy atom. The summed E-state index contributed by atoms with van der Waals surface area (Å²) in [4.78, 5) is 10.1. The van der Waals surface area contributed by atoms with Crippen molar-refractivity contribution >= 4 is 12.6 Å². The molecule has 0 bridgehead atoms. The van der Waals surface area contributed by atoms with Crippen molar-refractivity contribution < 1.29 is 9.37 Å². The highest BCUT2D eigenvalue weighted by Gasteiger charge is 2.05. The Bertz CT molecular complexity index is 118. The Balaban J connectivity index is 2.49. The number of carbonyl (C=O) groups excluding carboxylic acids is 1. The summed E-state index contributed by atoms with van der Waals surface area (Å²) in [5.41, 5.74) is 0. The van der Waals surface area contributed by atoms with E-state index < -0.39 is 0 Å². The first-order valence-corrected chi connectivity index (χ1v) is 2.98. The Morgan fingerprint density at radius 3 is 2.75 bits per heavy atom. The van der Waals surface area contributed by atoms with Gasteiger partial charge in [-0.05, 0) is 6.42 Å². The molecule has 0 radical (unpaired) electrons. The molecule has 0 aliphatic carbocycles. The molecule has 2 nitrogen and oxygen atoms in total. The summed E-state index contributed by atoms with van der Waals surface area (Å²) >= 11 is 0. The summed E-state index contributed by atoms with van der Waals surface area (Å²) in [5.74, 6) is 0. The third-order valence-corrected chi connectivity index (χ3v) is 1.37. The zero-order valence-corrected chi connectivity index (χ0v) is 4.84. The smallest absolute Gasteiger partial charge is 0.223 e. The molecule has 0 saturated heterocycles. The molecule has 1 aliphatic rings. The van der Waals surface area contributed by atoms with Crippen molar-refractivity contribution in [1.82, 2.24) is 0 Å². The van der Waals surface area contributed by atoms with E-state index in [0.29, 0.717) is 0 Å². The van der Waals surface area contributed by atoms with Gasteiger partial charge in [0.25, 0.3) is 0 Å². The van der Waals surface area contributed by atoms with Crippen molar-refractivity contribution in [3.8, 4) is 0 Å². The lowest BCUT2D eigenvalue weighted by molar-refractivity contribution is -0.434. The van der Waals surface area contributed by atoms with E-state index in [-0.39, 0.29) is 0 Å². The van der Waals surface area contributed by atoms with Crippen LogP contribution in [0.4, 0.5) is 0 Å². The largest absolute Gasteiger partial charge is 0.374 e. The first-order chi connectivity index (χ1) is 3.93. The molecule has 1 heterocycles. The second kappa shape index (κ2) is 2.60. The van der Waals surface area contributed by atoms with Crippen molar-refractivity contribution in [3.63, 3.8) is 0 Å². The first kappa shape index (κ1) is 5.48. The maximum Gasteiger partial charge on any atom is 0.374 e. The van der Waals surface area contributed by atoms with Crippen LogP contribution in [-0.4, -0.2) is 23.7 Å². The van der Waals surface area contributed by atoms with E-state index in [0.717, 1.165) is 25.8 Å². The molecule has 8 heavy (non-hydrogen) atoms. The van der Waals surface area contributed by atoms with Crippen molar-refractivity contribution in [1.29, 1.82) is 0 Å². The number of rotatable bonds is 1. The quantitative estimate of drug-likeness (QED) is 0.210. The van der Waals surface area contributed by atoms with Gasteiger partial charge in [-0.25, -0.2) is 4.79 Å². The zero-order chi connectivity index (χ0) is 5.82. The molecule has 44 valence electrons. The van der Waals surface area contributed by atoms with Crippen LogP contribution < -0.4 is 0 Å². The maximum atomic E-state index is 10.1. The van der Waals surface area contributed by atoms with Gasteiger partial charge in [0.1, 0.15) is 6.21 Å². The van der Waals surface area contributed by atoms with Gasteiger partial charge < -0.3 is 0 Å².